The van der Waals surface area contributed by atoms with Crippen molar-refractivity contribution in [3.05, 3.63) is 17.5 Å². The van der Waals surface area contributed by atoms with Gasteiger partial charge >= 0.3 is 5.97 Å². The second kappa shape index (κ2) is 4.28. The Hall–Kier alpha value is -1.30. The molecule has 5 nitrogen and oxygen atoms in total. The summed E-state index contributed by atoms with van der Waals surface area (Å²) in [5.41, 5.74) is 0.0427. The molecule has 0 radical (unpaired) electrons. The summed E-state index contributed by atoms with van der Waals surface area (Å²) in [4.78, 5) is 21.7. The summed E-state index contributed by atoms with van der Waals surface area (Å²) in [6, 6.07) is 1.13. The lowest BCUT2D eigenvalue weighted by Crippen LogP contribution is -1.99. The summed E-state index contributed by atoms with van der Waals surface area (Å²) in [7, 11) is 0. The van der Waals surface area contributed by atoms with Crippen molar-refractivity contribution < 1.29 is 19.2 Å². The fourth-order valence-corrected chi connectivity index (χ4v) is 1.39. The molecule has 14 heavy (non-hydrogen) atoms. The quantitative estimate of drug-likeness (QED) is 0.825. The van der Waals surface area contributed by atoms with Gasteiger partial charge in [0.05, 0.1) is 0 Å². The van der Waals surface area contributed by atoms with Gasteiger partial charge in [0.2, 0.25) is 10.9 Å². The molecule has 6 heteroatoms. The molecule has 0 bridgehead atoms. The van der Waals surface area contributed by atoms with Crippen LogP contribution in [0.5, 0.6) is 0 Å². The van der Waals surface area contributed by atoms with Crippen LogP contribution < -0.4 is 0 Å². The maximum absolute atomic E-state index is 11.3. The van der Waals surface area contributed by atoms with Gasteiger partial charge in [0.25, 0.3) is 0 Å². The Labute approximate surface area is 84.5 Å². The van der Waals surface area contributed by atoms with E-state index < -0.39 is 5.97 Å². The molecule has 0 saturated carbocycles. The van der Waals surface area contributed by atoms with E-state index in [-0.39, 0.29) is 21.8 Å². The minimum atomic E-state index is -1.23. The van der Waals surface area contributed by atoms with Gasteiger partial charge in [-0.05, 0) is 0 Å². The molecule has 0 amide bonds. The van der Waals surface area contributed by atoms with Crippen molar-refractivity contribution in [1.82, 2.24) is 5.16 Å². The first kappa shape index (κ1) is 10.8. The Morgan fingerprint density at radius 2 is 2.21 bits per heavy atom. The Kier molecular flexibility index (Phi) is 3.29. The number of rotatable bonds is 3. The Morgan fingerprint density at radius 1 is 1.57 bits per heavy atom. The highest BCUT2D eigenvalue weighted by atomic mass is 32.2. The molecule has 0 atom stereocenters. The van der Waals surface area contributed by atoms with Gasteiger partial charge in [-0.3, -0.25) is 4.79 Å². The van der Waals surface area contributed by atoms with Crippen molar-refractivity contribution in [2.45, 2.75) is 19.1 Å². The molecule has 1 aromatic heterocycles. The van der Waals surface area contributed by atoms with Gasteiger partial charge in [0.1, 0.15) is 0 Å². The second-order valence-corrected chi connectivity index (χ2v) is 4.38. The van der Waals surface area contributed by atoms with E-state index in [2.05, 4.69) is 9.68 Å². The van der Waals surface area contributed by atoms with Crippen molar-refractivity contribution in [3.63, 3.8) is 0 Å². The summed E-state index contributed by atoms with van der Waals surface area (Å²) >= 11 is 1.08. The van der Waals surface area contributed by atoms with Gasteiger partial charge in [0, 0.05) is 11.3 Å². The van der Waals surface area contributed by atoms with Crippen LogP contribution in [0.1, 0.15) is 34.9 Å². The van der Waals surface area contributed by atoms with Crippen LogP contribution in [0.25, 0.3) is 0 Å². The summed E-state index contributed by atoms with van der Waals surface area (Å²) in [5, 5.41) is 11.7. The topological polar surface area (TPSA) is 80.4 Å². The average Bonchev–Trinajstić information content (AvgIpc) is 2.50. The monoisotopic (exact) mass is 215 g/mol. The molecule has 1 heterocycles. The summed E-state index contributed by atoms with van der Waals surface area (Å²) in [5.74, 6) is -1.55. The number of hydrogen-bond acceptors (Lipinski definition) is 5. The fraction of sp³-hybridized carbons (Fsp3) is 0.375. The van der Waals surface area contributed by atoms with Crippen LogP contribution >= 0.6 is 11.8 Å². The lowest BCUT2D eigenvalue weighted by atomic mass is 10.4. The zero-order chi connectivity index (χ0) is 10.7. The van der Waals surface area contributed by atoms with Crippen LogP contribution in [0.3, 0.4) is 0 Å². The van der Waals surface area contributed by atoms with Crippen LogP contribution in [0.4, 0.5) is 0 Å². The van der Waals surface area contributed by atoms with Crippen molar-refractivity contribution in [2.24, 2.45) is 0 Å². The van der Waals surface area contributed by atoms with Crippen LogP contribution in [-0.2, 0) is 0 Å². The van der Waals surface area contributed by atoms with Gasteiger partial charge in [-0.1, -0.05) is 30.8 Å². The normalized spacial score (nSPS) is 10.5. The first-order valence-corrected chi connectivity index (χ1v) is 4.79. The molecular weight excluding hydrogens is 206 g/mol. The Bertz CT molecular complexity index is 358. The number of carboxylic acid groups (broad SMARTS) is 1. The number of carbonyl (C=O) groups excluding carboxylic acids is 1. The van der Waals surface area contributed by atoms with E-state index in [1.54, 1.807) is 0 Å². The lowest BCUT2D eigenvalue weighted by molar-refractivity contribution is 0.0651. The highest BCUT2D eigenvalue weighted by Crippen LogP contribution is 2.17. The second-order valence-electron chi connectivity index (χ2n) is 2.84. The van der Waals surface area contributed by atoms with Crippen LogP contribution in [0, 0.1) is 0 Å². The van der Waals surface area contributed by atoms with Crippen LogP contribution in [0.2, 0.25) is 0 Å². The standard InChI is InChI=1S/C8H9NO4S/c1-4(2)14-8(12)5-3-6(7(10)11)13-9-5/h3-4H,1-2H3,(H,10,11). The first-order chi connectivity index (χ1) is 6.50. The smallest absolute Gasteiger partial charge is 0.374 e. The van der Waals surface area contributed by atoms with E-state index in [0.29, 0.717) is 0 Å². The van der Waals surface area contributed by atoms with Crippen LogP contribution in [-0.4, -0.2) is 26.6 Å². The molecule has 0 fully saturated rings. The number of nitrogens with zero attached hydrogens (tertiary/aromatic N) is 1. The SMILES string of the molecule is CC(C)SC(=O)c1cc(C(=O)O)on1. The van der Waals surface area contributed by atoms with E-state index in [0.717, 1.165) is 17.8 Å². The Balaban J connectivity index is 2.76. The van der Waals surface area contributed by atoms with E-state index in [1.807, 2.05) is 13.8 Å². The van der Waals surface area contributed by atoms with Crippen molar-refractivity contribution in [2.75, 3.05) is 0 Å². The molecule has 0 unspecified atom stereocenters. The molecule has 0 aliphatic heterocycles. The highest BCUT2D eigenvalue weighted by molar-refractivity contribution is 8.14. The van der Waals surface area contributed by atoms with E-state index in [4.69, 9.17) is 5.11 Å². The lowest BCUT2D eigenvalue weighted by Gasteiger charge is -1.98. The maximum Gasteiger partial charge on any atom is 0.374 e. The molecule has 1 aromatic rings. The minimum Gasteiger partial charge on any atom is -0.475 e. The molecule has 0 spiro atoms. The predicted octanol–water partition coefficient (Wildman–Crippen LogP) is 1.65. The summed E-state index contributed by atoms with van der Waals surface area (Å²) < 4.78 is 4.45. The molecule has 1 rings (SSSR count). The fourth-order valence-electron chi connectivity index (χ4n) is 0.747. The average molecular weight is 215 g/mol. The number of aromatic nitrogens is 1. The van der Waals surface area contributed by atoms with Gasteiger partial charge < -0.3 is 9.63 Å². The minimum absolute atomic E-state index is 0.0427. The summed E-state index contributed by atoms with van der Waals surface area (Å²) in [6.07, 6.45) is 0. The van der Waals surface area contributed by atoms with Gasteiger partial charge in [0.15, 0.2) is 5.69 Å². The number of carboxylic acids is 1. The van der Waals surface area contributed by atoms with E-state index in [9.17, 15) is 9.59 Å². The molecule has 0 aliphatic rings. The third kappa shape index (κ3) is 2.59. The van der Waals surface area contributed by atoms with Crippen molar-refractivity contribution >= 4 is 22.8 Å². The van der Waals surface area contributed by atoms with Crippen molar-refractivity contribution in [1.29, 1.82) is 0 Å². The van der Waals surface area contributed by atoms with Gasteiger partial charge in [-0.25, -0.2) is 4.79 Å². The maximum atomic E-state index is 11.3. The first-order valence-electron chi connectivity index (χ1n) is 3.91. The third-order valence-corrected chi connectivity index (χ3v) is 2.17. The molecule has 76 valence electrons. The highest BCUT2D eigenvalue weighted by Gasteiger charge is 2.17. The number of thioether (sulfide) groups is 1. The third-order valence-electron chi connectivity index (χ3n) is 1.27. The predicted molar refractivity (Wildman–Crippen MR) is 50.5 cm³/mol. The molecule has 1 N–H and O–H groups in total. The van der Waals surface area contributed by atoms with E-state index >= 15 is 0 Å². The molecule has 0 saturated heterocycles. The largest absolute Gasteiger partial charge is 0.475 e. The number of carbonyl (C=O) groups is 2. The van der Waals surface area contributed by atoms with Crippen molar-refractivity contribution in [3.8, 4) is 0 Å². The summed E-state index contributed by atoms with van der Waals surface area (Å²) in [6.45, 7) is 3.72. The van der Waals surface area contributed by atoms with Crippen LogP contribution in [0.15, 0.2) is 10.6 Å². The number of aromatic carboxylic acids is 1. The molecule has 0 aliphatic carbocycles. The zero-order valence-corrected chi connectivity index (χ0v) is 8.50. The van der Waals surface area contributed by atoms with Gasteiger partial charge in [-0.15, -0.1) is 0 Å². The molecule has 0 aromatic carbocycles. The van der Waals surface area contributed by atoms with E-state index in [1.165, 1.54) is 0 Å². The molecular formula is C8H9NO4S. The zero-order valence-electron chi connectivity index (χ0n) is 7.68. The van der Waals surface area contributed by atoms with Gasteiger partial charge in [-0.2, -0.15) is 0 Å². The Morgan fingerprint density at radius 3 is 2.64 bits per heavy atom. The number of hydrogen-bond donors (Lipinski definition) is 1.